The van der Waals surface area contributed by atoms with Gasteiger partial charge in [0.1, 0.15) is 0 Å². The van der Waals surface area contributed by atoms with Gasteiger partial charge in [0.2, 0.25) is 5.91 Å². The molecule has 134 valence electrons. The highest BCUT2D eigenvalue weighted by Crippen LogP contribution is 2.50. The third-order valence-corrected chi connectivity index (χ3v) is 7.36. The number of nitrogens with one attached hydrogen (secondary N) is 2. The van der Waals surface area contributed by atoms with Crippen molar-refractivity contribution >= 4 is 17.7 Å². The fraction of sp³-hybridized carbons (Fsp3) is 0.550. The lowest BCUT2D eigenvalue weighted by Crippen LogP contribution is -2.59. The number of thioether (sulfide) groups is 1. The van der Waals surface area contributed by atoms with Crippen LogP contribution >= 0.6 is 11.8 Å². The molecule has 0 bridgehead atoms. The fourth-order valence-corrected chi connectivity index (χ4v) is 5.85. The Morgan fingerprint density at radius 3 is 2.76 bits per heavy atom. The molecule has 3 N–H and O–H groups in total. The minimum absolute atomic E-state index is 0.0300. The molecule has 4 nitrogen and oxygen atoms in total. The minimum atomic E-state index is -0.344. The summed E-state index contributed by atoms with van der Waals surface area (Å²) in [5, 5.41) is 19.3. The van der Waals surface area contributed by atoms with Gasteiger partial charge in [0.15, 0.2) is 0 Å². The van der Waals surface area contributed by atoms with Crippen molar-refractivity contribution in [2.75, 3.05) is 7.05 Å². The molecule has 1 aromatic carbocycles. The van der Waals surface area contributed by atoms with Crippen LogP contribution in [0.2, 0.25) is 0 Å². The topological polar surface area (TPSA) is 61.4 Å². The van der Waals surface area contributed by atoms with E-state index in [-0.39, 0.29) is 41.1 Å². The van der Waals surface area contributed by atoms with Crippen LogP contribution in [0.4, 0.5) is 0 Å². The van der Waals surface area contributed by atoms with E-state index >= 15 is 0 Å². The lowest BCUT2D eigenvalue weighted by molar-refractivity contribution is -0.126. The highest BCUT2D eigenvalue weighted by molar-refractivity contribution is 8.03. The second-order valence-corrected chi connectivity index (χ2v) is 8.55. The Bertz CT molecular complexity index is 675. The molecule has 2 heterocycles. The Balaban J connectivity index is 1.66. The van der Waals surface area contributed by atoms with Gasteiger partial charge in [0, 0.05) is 23.9 Å². The first-order chi connectivity index (χ1) is 12.1. The summed E-state index contributed by atoms with van der Waals surface area (Å²) in [7, 11) is 1.96. The number of carbonyl (C=O) groups is 1. The number of carbonyl (C=O) groups excluding carboxylic acids is 1. The molecule has 1 amide bonds. The van der Waals surface area contributed by atoms with Gasteiger partial charge in [0.05, 0.1) is 11.4 Å². The van der Waals surface area contributed by atoms with Crippen molar-refractivity contribution in [3.8, 4) is 0 Å². The molecule has 0 spiro atoms. The number of hydrogen-bond donors (Lipinski definition) is 3. The summed E-state index contributed by atoms with van der Waals surface area (Å²) in [6.07, 6.45) is 3.46. The van der Waals surface area contributed by atoms with Gasteiger partial charge in [0.25, 0.3) is 0 Å². The van der Waals surface area contributed by atoms with E-state index in [0.29, 0.717) is 6.04 Å². The molecular weight excluding hydrogens is 332 g/mol. The molecule has 0 radical (unpaired) electrons. The number of aliphatic hydroxyl groups excluding tert-OH is 1. The van der Waals surface area contributed by atoms with E-state index in [9.17, 15) is 9.90 Å². The number of amides is 1. The van der Waals surface area contributed by atoms with E-state index in [1.54, 1.807) is 11.8 Å². The van der Waals surface area contributed by atoms with Gasteiger partial charge >= 0.3 is 0 Å². The number of fused-ring (bicyclic) bond motifs is 3. The average Bonchev–Trinajstić information content (AvgIpc) is 3.12. The van der Waals surface area contributed by atoms with E-state index in [1.165, 1.54) is 11.1 Å². The zero-order valence-corrected chi connectivity index (χ0v) is 15.5. The molecule has 2 aliphatic heterocycles. The molecule has 0 aromatic heterocycles. The second-order valence-electron chi connectivity index (χ2n) is 7.50. The van der Waals surface area contributed by atoms with Gasteiger partial charge in [-0.05, 0) is 49.3 Å². The first-order valence-corrected chi connectivity index (χ1v) is 10.1. The lowest BCUT2D eigenvalue weighted by atomic mass is 9.63. The van der Waals surface area contributed by atoms with Crippen molar-refractivity contribution in [2.24, 2.45) is 11.8 Å². The third kappa shape index (κ3) is 2.92. The van der Waals surface area contributed by atoms with Crippen molar-refractivity contribution in [3.63, 3.8) is 0 Å². The summed E-state index contributed by atoms with van der Waals surface area (Å²) in [4.78, 5) is 12.4. The smallest absolute Gasteiger partial charge is 0.234 e. The summed E-state index contributed by atoms with van der Waals surface area (Å²) < 4.78 is 0. The molecule has 25 heavy (non-hydrogen) atoms. The number of allylic oxidation sites excluding steroid dienone is 1. The van der Waals surface area contributed by atoms with Gasteiger partial charge in [-0.25, -0.2) is 0 Å². The van der Waals surface area contributed by atoms with Crippen LogP contribution in [0.5, 0.6) is 0 Å². The Kier molecular flexibility index (Phi) is 4.65. The van der Waals surface area contributed by atoms with Gasteiger partial charge in [-0.2, -0.15) is 0 Å². The predicted octanol–water partition coefficient (Wildman–Crippen LogP) is 2.57. The van der Waals surface area contributed by atoms with Crippen LogP contribution in [0.25, 0.3) is 0 Å². The van der Waals surface area contributed by atoms with E-state index < -0.39 is 0 Å². The van der Waals surface area contributed by atoms with Gasteiger partial charge in [-0.15, -0.1) is 11.8 Å². The molecular formula is C20H26N2O2S. The van der Waals surface area contributed by atoms with Crippen molar-refractivity contribution in [2.45, 2.75) is 49.1 Å². The van der Waals surface area contributed by atoms with Crippen molar-refractivity contribution in [1.82, 2.24) is 10.6 Å². The molecule has 1 aliphatic carbocycles. The van der Waals surface area contributed by atoms with Crippen molar-refractivity contribution in [3.05, 3.63) is 46.9 Å². The van der Waals surface area contributed by atoms with Crippen LogP contribution < -0.4 is 10.6 Å². The van der Waals surface area contributed by atoms with Crippen LogP contribution in [0, 0.1) is 11.8 Å². The summed E-state index contributed by atoms with van der Waals surface area (Å²) in [5.41, 5.74) is 2.44. The standard InChI is InChI=1S/C20H26N2O2S/c1-11(21-2)12-3-5-13(6-4-12)17-16(23)8-7-15-18(17)14-9-10-25-19(14)20(24)22-15/h3-6,9-11,14-19,21,23H,7-8H2,1-2H3,(H,22,24)/t11-,14?,15?,16?,17?,18?,19?/m0/s1. The Morgan fingerprint density at radius 1 is 1.28 bits per heavy atom. The Labute approximate surface area is 153 Å². The zero-order valence-electron chi connectivity index (χ0n) is 14.7. The minimum Gasteiger partial charge on any atom is -0.392 e. The monoisotopic (exact) mass is 358 g/mol. The highest BCUT2D eigenvalue weighted by atomic mass is 32.2. The van der Waals surface area contributed by atoms with Crippen molar-refractivity contribution < 1.29 is 9.90 Å². The lowest BCUT2D eigenvalue weighted by Gasteiger charge is -2.48. The normalized spacial score (nSPS) is 38.0. The van der Waals surface area contributed by atoms with Gasteiger partial charge in [-0.1, -0.05) is 30.3 Å². The molecule has 6 unspecified atom stereocenters. The average molecular weight is 359 g/mol. The Hall–Kier alpha value is -1.30. The summed E-state index contributed by atoms with van der Waals surface area (Å²) >= 11 is 1.62. The molecule has 7 atom stereocenters. The summed E-state index contributed by atoms with van der Waals surface area (Å²) in [6.45, 7) is 2.14. The number of piperidine rings is 1. The van der Waals surface area contributed by atoms with E-state index in [2.05, 4.69) is 53.3 Å². The van der Waals surface area contributed by atoms with Crippen LogP contribution in [-0.4, -0.2) is 35.5 Å². The molecule has 1 aromatic rings. The maximum Gasteiger partial charge on any atom is 0.234 e. The SMILES string of the molecule is CN[C@@H](C)c1ccc(C2C(O)CCC3NC(=O)C4SC=CC4C32)cc1. The number of aliphatic hydroxyl groups is 1. The number of rotatable bonds is 3. The third-order valence-electron chi connectivity index (χ3n) is 6.23. The van der Waals surface area contributed by atoms with E-state index in [1.807, 2.05) is 7.05 Å². The van der Waals surface area contributed by atoms with E-state index in [4.69, 9.17) is 0 Å². The zero-order chi connectivity index (χ0) is 17.6. The maximum absolute atomic E-state index is 12.4. The first-order valence-electron chi connectivity index (χ1n) is 9.18. The molecule has 1 saturated heterocycles. The number of benzene rings is 1. The van der Waals surface area contributed by atoms with Crippen LogP contribution in [0.3, 0.4) is 0 Å². The van der Waals surface area contributed by atoms with Gasteiger partial charge in [-0.3, -0.25) is 4.79 Å². The van der Waals surface area contributed by atoms with Crippen LogP contribution in [0.1, 0.15) is 42.9 Å². The molecule has 4 rings (SSSR count). The number of hydrogen-bond acceptors (Lipinski definition) is 4. The van der Waals surface area contributed by atoms with Crippen LogP contribution in [-0.2, 0) is 4.79 Å². The maximum atomic E-state index is 12.4. The van der Waals surface area contributed by atoms with Crippen molar-refractivity contribution in [1.29, 1.82) is 0 Å². The predicted molar refractivity (Wildman–Crippen MR) is 101 cm³/mol. The summed E-state index contributed by atoms with van der Waals surface area (Å²) in [6, 6.07) is 9.12. The first kappa shape index (κ1) is 17.1. The van der Waals surface area contributed by atoms with E-state index in [0.717, 1.165) is 12.8 Å². The fourth-order valence-electron chi connectivity index (χ4n) is 4.77. The summed E-state index contributed by atoms with van der Waals surface area (Å²) in [5.74, 6) is 0.730. The largest absolute Gasteiger partial charge is 0.392 e. The quantitative estimate of drug-likeness (QED) is 0.777. The molecule has 1 saturated carbocycles. The molecule has 3 aliphatic rings. The van der Waals surface area contributed by atoms with Gasteiger partial charge < -0.3 is 15.7 Å². The molecule has 5 heteroatoms. The van der Waals surface area contributed by atoms with Crippen LogP contribution in [0.15, 0.2) is 35.7 Å². The highest BCUT2D eigenvalue weighted by Gasteiger charge is 2.51. The molecule has 2 fully saturated rings. The Morgan fingerprint density at radius 2 is 2.04 bits per heavy atom. The second kappa shape index (κ2) is 6.78.